The zero-order chi connectivity index (χ0) is 13.1. The third kappa shape index (κ3) is 2.68. The molecule has 1 heterocycles. The molecule has 2 rings (SSSR count). The smallest absolute Gasteiger partial charge is 0.190 e. The Morgan fingerprint density at radius 1 is 1.39 bits per heavy atom. The van der Waals surface area contributed by atoms with E-state index in [1.54, 1.807) is 29.7 Å². The molecule has 3 nitrogen and oxygen atoms in total. The molecule has 0 aliphatic rings. The van der Waals surface area contributed by atoms with Crippen LogP contribution in [0, 0.1) is 5.82 Å². The second-order valence-electron chi connectivity index (χ2n) is 4.05. The lowest BCUT2D eigenvalue weighted by atomic mass is 10.3. The lowest BCUT2D eigenvalue weighted by Crippen LogP contribution is -2.15. The molecule has 2 aromatic rings. The van der Waals surface area contributed by atoms with Crippen molar-refractivity contribution in [1.82, 2.24) is 4.98 Å². The fraction of sp³-hybridized carbons (Fsp3) is 0.308. The Bertz CT molecular complexity index is 507. The largest absolute Gasteiger partial charge is 0.323 e. The van der Waals surface area contributed by atoms with Gasteiger partial charge in [-0.05, 0) is 38.1 Å². The quantitative estimate of drug-likeness (QED) is 0.920. The van der Waals surface area contributed by atoms with Crippen molar-refractivity contribution < 1.29 is 4.39 Å². The molecule has 18 heavy (non-hydrogen) atoms. The number of aromatic nitrogens is 1. The summed E-state index contributed by atoms with van der Waals surface area (Å²) in [5, 5.41) is 0.886. The Hall–Kier alpha value is -1.46. The van der Waals surface area contributed by atoms with E-state index in [9.17, 15) is 4.39 Å². The number of benzene rings is 1. The van der Waals surface area contributed by atoms with Crippen molar-refractivity contribution >= 4 is 22.2 Å². The van der Waals surface area contributed by atoms with Crippen molar-refractivity contribution in [3.63, 3.8) is 0 Å². The number of hydrogen-bond donors (Lipinski definition) is 1. The van der Waals surface area contributed by atoms with Crippen LogP contribution in [-0.2, 0) is 0 Å². The van der Waals surface area contributed by atoms with Crippen LogP contribution in [0.2, 0.25) is 0 Å². The third-order valence-corrected chi connectivity index (χ3v) is 3.87. The number of nitrogens with zero attached hydrogens (tertiary/aromatic N) is 2. The van der Waals surface area contributed by atoms with E-state index < -0.39 is 0 Å². The first-order valence-electron chi connectivity index (χ1n) is 5.86. The van der Waals surface area contributed by atoms with Crippen LogP contribution in [0.5, 0.6) is 0 Å². The second kappa shape index (κ2) is 5.46. The fourth-order valence-corrected chi connectivity index (χ4v) is 2.61. The summed E-state index contributed by atoms with van der Waals surface area (Å²) >= 11 is 1.57. The SMILES string of the molecule is CCN(c1ccc(F)cc1)c1ncc(C(C)N)s1. The molecule has 1 atom stereocenters. The van der Waals surface area contributed by atoms with Gasteiger partial charge in [-0.1, -0.05) is 11.3 Å². The molecule has 1 aromatic carbocycles. The Balaban J connectivity index is 2.29. The summed E-state index contributed by atoms with van der Waals surface area (Å²) in [6.45, 7) is 4.75. The van der Waals surface area contributed by atoms with Gasteiger partial charge in [-0.25, -0.2) is 9.37 Å². The number of thiazole rings is 1. The van der Waals surface area contributed by atoms with Gasteiger partial charge < -0.3 is 10.6 Å². The number of nitrogens with two attached hydrogens (primary N) is 1. The number of hydrogen-bond acceptors (Lipinski definition) is 4. The summed E-state index contributed by atoms with van der Waals surface area (Å²) < 4.78 is 12.9. The molecule has 0 amide bonds. The standard InChI is InChI=1S/C13H16FN3S/c1-3-17(11-6-4-10(14)5-7-11)13-16-8-12(18-13)9(2)15/h4-9H,3,15H2,1-2H3. The minimum Gasteiger partial charge on any atom is -0.323 e. The zero-order valence-corrected chi connectivity index (χ0v) is 11.2. The van der Waals surface area contributed by atoms with Gasteiger partial charge in [0.1, 0.15) is 5.82 Å². The Kier molecular flexibility index (Phi) is 3.93. The lowest BCUT2D eigenvalue weighted by Gasteiger charge is -2.19. The Morgan fingerprint density at radius 3 is 2.56 bits per heavy atom. The molecule has 96 valence electrons. The molecular formula is C13H16FN3S. The Labute approximate surface area is 110 Å². The number of anilines is 2. The highest BCUT2D eigenvalue weighted by Gasteiger charge is 2.13. The van der Waals surface area contributed by atoms with Crippen molar-refractivity contribution in [3.8, 4) is 0 Å². The van der Waals surface area contributed by atoms with Gasteiger partial charge in [0.15, 0.2) is 5.13 Å². The maximum Gasteiger partial charge on any atom is 0.190 e. The molecular weight excluding hydrogens is 249 g/mol. The molecule has 0 aliphatic heterocycles. The van der Waals surface area contributed by atoms with Gasteiger partial charge in [0.05, 0.1) is 0 Å². The van der Waals surface area contributed by atoms with Gasteiger partial charge in [0, 0.05) is 29.3 Å². The van der Waals surface area contributed by atoms with Gasteiger partial charge in [-0.2, -0.15) is 0 Å². The average Bonchev–Trinajstić information content (AvgIpc) is 2.82. The van der Waals surface area contributed by atoms with E-state index in [1.165, 1.54) is 12.1 Å². The van der Waals surface area contributed by atoms with Crippen LogP contribution in [0.3, 0.4) is 0 Å². The average molecular weight is 265 g/mol. The van der Waals surface area contributed by atoms with E-state index in [0.29, 0.717) is 0 Å². The van der Waals surface area contributed by atoms with Crippen molar-refractivity contribution in [2.24, 2.45) is 5.73 Å². The monoisotopic (exact) mass is 265 g/mol. The summed E-state index contributed by atoms with van der Waals surface area (Å²) in [4.78, 5) is 7.46. The van der Waals surface area contributed by atoms with Crippen LogP contribution in [-0.4, -0.2) is 11.5 Å². The molecule has 0 saturated carbocycles. The first-order chi connectivity index (χ1) is 8.61. The highest BCUT2D eigenvalue weighted by Crippen LogP contribution is 2.31. The summed E-state index contributed by atoms with van der Waals surface area (Å²) in [6, 6.07) is 6.41. The van der Waals surface area contributed by atoms with Crippen molar-refractivity contribution in [2.75, 3.05) is 11.4 Å². The minimum absolute atomic E-state index is 0.0110. The molecule has 1 aromatic heterocycles. The van der Waals surface area contributed by atoms with E-state index in [4.69, 9.17) is 5.73 Å². The normalized spacial score (nSPS) is 12.4. The van der Waals surface area contributed by atoms with Crippen molar-refractivity contribution in [3.05, 3.63) is 41.2 Å². The van der Waals surface area contributed by atoms with Crippen LogP contribution in [0.25, 0.3) is 0 Å². The fourth-order valence-electron chi connectivity index (χ4n) is 1.66. The summed E-state index contributed by atoms with van der Waals surface area (Å²) in [7, 11) is 0. The number of rotatable bonds is 4. The predicted octanol–water partition coefficient (Wildman–Crippen LogP) is 3.46. The minimum atomic E-state index is -0.231. The first-order valence-corrected chi connectivity index (χ1v) is 6.68. The highest BCUT2D eigenvalue weighted by atomic mass is 32.1. The lowest BCUT2D eigenvalue weighted by molar-refractivity contribution is 0.628. The van der Waals surface area contributed by atoms with E-state index in [1.807, 2.05) is 18.7 Å². The zero-order valence-electron chi connectivity index (χ0n) is 10.4. The highest BCUT2D eigenvalue weighted by molar-refractivity contribution is 7.15. The van der Waals surface area contributed by atoms with Gasteiger partial charge >= 0.3 is 0 Å². The van der Waals surface area contributed by atoms with Gasteiger partial charge in [-0.15, -0.1) is 0 Å². The predicted molar refractivity (Wildman–Crippen MR) is 73.8 cm³/mol. The third-order valence-electron chi connectivity index (χ3n) is 2.65. The molecule has 1 unspecified atom stereocenters. The molecule has 0 spiro atoms. The summed E-state index contributed by atoms with van der Waals surface area (Å²) in [5.41, 5.74) is 6.76. The Morgan fingerprint density at radius 2 is 2.06 bits per heavy atom. The van der Waals surface area contributed by atoms with Crippen molar-refractivity contribution in [2.45, 2.75) is 19.9 Å². The van der Waals surface area contributed by atoms with Crippen LogP contribution in [0.1, 0.15) is 24.8 Å². The molecule has 0 aliphatic carbocycles. The summed E-state index contributed by atoms with van der Waals surface area (Å²) in [5.74, 6) is -0.231. The van der Waals surface area contributed by atoms with Crippen LogP contribution in [0.15, 0.2) is 30.5 Å². The van der Waals surface area contributed by atoms with E-state index >= 15 is 0 Å². The van der Waals surface area contributed by atoms with Gasteiger partial charge in [-0.3, -0.25) is 0 Å². The van der Waals surface area contributed by atoms with Gasteiger partial charge in [0.25, 0.3) is 0 Å². The molecule has 0 radical (unpaired) electrons. The maximum absolute atomic E-state index is 12.9. The number of halogens is 1. The van der Waals surface area contributed by atoms with E-state index in [-0.39, 0.29) is 11.9 Å². The van der Waals surface area contributed by atoms with Crippen LogP contribution in [0.4, 0.5) is 15.2 Å². The van der Waals surface area contributed by atoms with Gasteiger partial charge in [0.2, 0.25) is 0 Å². The topological polar surface area (TPSA) is 42.2 Å². The van der Waals surface area contributed by atoms with Crippen LogP contribution >= 0.6 is 11.3 Å². The molecule has 0 fully saturated rings. The van der Waals surface area contributed by atoms with E-state index in [2.05, 4.69) is 4.98 Å². The molecule has 2 N–H and O–H groups in total. The van der Waals surface area contributed by atoms with E-state index in [0.717, 1.165) is 22.2 Å². The molecule has 0 bridgehead atoms. The first kappa shape index (κ1) is 13.0. The second-order valence-corrected chi connectivity index (χ2v) is 5.10. The molecule has 0 saturated heterocycles. The van der Waals surface area contributed by atoms with Crippen molar-refractivity contribution in [1.29, 1.82) is 0 Å². The molecule has 5 heteroatoms. The maximum atomic E-state index is 12.9. The van der Waals surface area contributed by atoms with Crippen LogP contribution < -0.4 is 10.6 Å². The summed E-state index contributed by atoms with van der Waals surface area (Å²) in [6.07, 6.45) is 1.80.